The molecule has 3 aromatic carbocycles. The van der Waals surface area contributed by atoms with Crippen LogP contribution in [0.5, 0.6) is 0 Å². The molecule has 4 aromatic rings. The quantitative estimate of drug-likeness (QED) is 0.392. The van der Waals surface area contributed by atoms with Crippen LogP contribution in [0.25, 0.3) is 22.0 Å². The molecule has 0 radical (unpaired) electrons. The molecule has 0 aliphatic carbocycles. The molecule has 1 N–H and O–H groups in total. The van der Waals surface area contributed by atoms with Crippen molar-refractivity contribution in [3.05, 3.63) is 84.1 Å². The molecule has 1 saturated heterocycles. The van der Waals surface area contributed by atoms with E-state index in [0.717, 1.165) is 35.4 Å². The van der Waals surface area contributed by atoms with E-state index in [-0.39, 0.29) is 0 Å². The van der Waals surface area contributed by atoms with Gasteiger partial charge in [-0.25, -0.2) is 0 Å². The second-order valence-corrected chi connectivity index (χ2v) is 9.41. The van der Waals surface area contributed by atoms with Crippen LogP contribution < -0.4 is 10.2 Å². The summed E-state index contributed by atoms with van der Waals surface area (Å²) in [5, 5.41) is 4.75. The number of anilines is 3. The predicted molar refractivity (Wildman–Crippen MR) is 141 cm³/mol. The number of fused-ring (bicyclic) bond motifs is 1. The summed E-state index contributed by atoms with van der Waals surface area (Å²) in [4.78, 5) is 9.40. The van der Waals surface area contributed by atoms with E-state index in [0.29, 0.717) is 6.04 Å². The molecule has 33 heavy (non-hydrogen) atoms. The van der Waals surface area contributed by atoms with E-state index >= 15 is 0 Å². The molecule has 0 spiro atoms. The van der Waals surface area contributed by atoms with E-state index in [1.165, 1.54) is 34.4 Å². The van der Waals surface area contributed by atoms with E-state index in [1.807, 2.05) is 6.20 Å². The van der Waals surface area contributed by atoms with Gasteiger partial charge in [-0.05, 0) is 99.1 Å². The van der Waals surface area contributed by atoms with E-state index in [2.05, 4.69) is 115 Å². The van der Waals surface area contributed by atoms with Crippen LogP contribution in [0.1, 0.15) is 17.5 Å². The summed E-state index contributed by atoms with van der Waals surface area (Å²) in [5.74, 6) is 0. The third kappa shape index (κ3) is 4.44. The molecule has 1 atom stereocenters. The molecule has 1 aromatic heterocycles. The van der Waals surface area contributed by atoms with Crippen LogP contribution in [0.2, 0.25) is 0 Å². The second-order valence-electron chi connectivity index (χ2n) is 9.41. The van der Waals surface area contributed by atoms with Gasteiger partial charge in [0.05, 0.1) is 5.52 Å². The monoisotopic (exact) mass is 436 g/mol. The summed E-state index contributed by atoms with van der Waals surface area (Å²) in [6.07, 6.45) is 3.10. The number of rotatable bonds is 5. The summed E-state index contributed by atoms with van der Waals surface area (Å²) in [5.41, 5.74) is 9.53. The van der Waals surface area contributed by atoms with Crippen molar-refractivity contribution in [2.45, 2.75) is 26.3 Å². The van der Waals surface area contributed by atoms with Gasteiger partial charge >= 0.3 is 0 Å². The molecule has 1 aliphatic heterocycles. The second kappa shape index (κ2) is 8.87. The maximum Gasteiger partial charge on any atom is 0.0723 e. The highest BCUT2D eigenvalue weighted by Crippen LogP contribution is 2.31. The van der Waals surface area contributed by atoms with Crippen LogP contribution >= 0.6 is 0 Å². The number of hydrogen-bond donors (Lipinski definition) is 1. The first kappa shape index (κ1) is 21.5. The molecule has 1 unspecified atom stereocenters. The topological polar surface area (TPSA) is 31.4 Å². The van der Waals surface area contributed by atoms with Gasteiger partial charge in [0.15, 0.2) is 0 Å². The Kier molecular flexibility index (Phi) is 5.77. The first-order chi connectivity index (χ1) is 16.0. The fraction of sp³-hybridized carbons (Fsp3) is 0.276. The van der Waals surface area contributed by atoms with Gasteiger partial charge in [-0.3, -0.25) is 4.98 Å². The van der Waals surface area contributed by atoms with Gasteiger partial charge in [-0.15, -0.1) is 0 Å². The fourth-order valence-corrected chi connectivity index (χ4v) is 4.66. The van der Waals surface area contributed by atoms with Crippen molar-refractivity contribution in [1.29, 1.82) is 0 Å². The lowest BCUT2D eigenvalue weighted by molar-refractivity contribution is 0.315. The summed E-state index contributed by atoms with van der Waals surface area (Å²) in [6, 6.07) is 24.7. The van der Waals surface area contributed by atoms with Crippen LogP contribution in [0.3, 0.4) is 0 Å². The zero-order chi connectivity index (χ0) is 22.9. The van der Waals surface area contributed by atoms with Crippen LogP contribution in [-0.2, 0) is 0 Å². The SMILES string of the molecule is Cc1ccc(-c2ccc3nccc(Nc4ccc(N5CCC(N(C)C)C5)cc4)c3c2)cc1C. The maximum atomic E-state index is 4.59. The van der Waals surface area contributed by atoms with Crippen LogP contribution in [0.15, 0.2) is 72.9 Å². The first-order valence-corrected chi connectivity index (χ1v) is 11.7. The zero-order valence-electron chi connectivity index (χ0n) is 20.0. The predicted octanol–water partition coefficient (Wildman–Crippen LogP) is 6.40. The summed E-state index contributed by atoms with van der Waals surface area (Å²) >= 11 is 0. The minimum atomic E-state index is 0.637. The molecule has 2 heterocycles. The van der Waals surface area contributed by atoms with E-state index in [4.69, 9.17) is 0 Å². The van der Waals surface area contributed by atoms with Gasteiger partial charge in [-0.1, -0.05) is 24.3 Å². The number of hydrogen-bond acceptors (Lipinski definition) is 4. The molecule has 0 amide bonds. The first-order valence-electron chi connectivity index (χ1n) is 11.7. The summed E-state index contributed by atoms with van der Waals surface area (Å²) < 4.78 is 0. The van der Waals surface area contributed by atoms with Gasteiger partial charge in [0, 0.05) is 47.8 Å². The Balaban J connectivity index is 1.40. The van der Waals surface area contributed by atoms with Gasteiger partial charge < -0.3 is 15.1 Å². The third-order valence-electron chi connectivity index (χ3n) is 6.99. The lowest BCUT2D eigenvalue weighted by atomic mass is 9.99. The van der Waals surface area contributed by atoms with E-state index in [1.54, 1.807) is 0 Å². The van der Waals surface area contributed by atoms with Crippen LogP contribution in [0.4, 0.5) is 17.1 Å². The Morgan fingerprint density at radius 2 is 1.64 bits per heavy atom. The van der Waals surface area contributed by atoms with Crippen molar-refractivity contribution < 1.29 is 0 Å². The van der Waals surface area contributed by atoms with Gasteiger partial charge in [0.25, 0.3) is 0 Å². The number of nitrogens with one attached hydrogen (secondary N) is 1. The molecule has 1 fully saturated rings. The average Bonchev–Trinajstić information content (AvgIpc) is 3.32. The van der Waals surface area contributed by atoms with Gasteiger partial charge in [-0.2, -0.15) is 0 Å². The number of benzene rings is 3. The summed E-state index contributed by atoms with van der Waals surface area (Å²) in [7, 11) is 4.34. The molecular formula is C29H32N4. The Morgan fingerprint density at radius 1 is 0.879 bits per heavy atom. The molecule has 1 aliphatic rings. The van der Waals surface area contributed by atoms with E-state index in [9.17, 15) is 0 Å². The average molecular weight is 437 g/mol. The van der Waals surface area contributed by atoms with Crippen LogP contribution in [-0.4, -0.2) is 43.1 Å². The number of pyridine rings is 1. The largest absolute Gasteiger partial charge is 0.370 e. The highest BCUT2D eigenvalue weighted by Gasteiger charge is 2.23. The standard InChI is InChI=1S/C29H32N4/c1-20-5-6-22(17-21(20)2)23-7-12-28-27(18-23)29(13-15-30-28)31-24-8-10-25(11-9-24)33-16-14-26(19-33)32(3)4/h5-13,15,17-18,26H,14,16,19H2,1-4H3,(H,30,31). The Morgan fingerprint density at radius 3 is 2.36 bits per heavy atom. The maximum absolute atomic E-state index is 4.59. The van der Waals surface area contributed by atoms with Gasteiger partial charge in [0.1, 0.15) is 0 Å². The van der Waals surface area contributed by atoms with Crippen molar-refractivity contribution in [3.8, 4) is 11.1 Å². The number of aryl methyl sites for hydroxylation is 2. The molecule has 4 nitrogen and oxygen atoms in total. The molecule has 4 heteroatoms. The van der Waals surface area contributed by atoms with E-state index < -0.39 is 0 Å². The Hall–Kier alpha value is -3.37. The minimum Gasteiger partial charge on any atom is -0.370 e. The number of nitrogens with zero attached hydrogens (tertiary/aromatic N) is 3. The zero-order valence-corrected chi connectivity index (χ0v) is 20.0. The normalized spacial score (nSPS) is 16.0. The highest BCUT2D eigenvalue weighted by atomic mass is 15.2. The van der Waals surface area contributed by atoms with Crippen LogP contribution in [0, 0.1) is 13.8 Å². The van der Waals surface area contributed by atoms with Crippen molar-refractivity contribution in [3.63, 3.8) is 0 Å². The highest BCUT2D eigenvalue weighted by molar-refractivity contribution is 5.95. The molecule has 5 rings (SSSR count). The van der Waals surface area contributed by atoms with Gasteiger partial charge in [0.2, 0.25) is 0 Å². The lowest BCUT2D eigenvalue weighted by Crippen LogP contribution is -2.31. The Bertz CT molecular complexity index is 1280. The third-order valence-corrected chi connectivity index (χ3v) is 6.99. The molecule has 0 saturated carbocycles. The van der Waals surface area contributed by atoms with Crippen molar-refractivity contribution >= 4 is 28.0 Å². The van der Waals surface area contributed by atoms with Crippen molar-refractivity contribution in [1.82, 2.24) is 9.88 Å². The molecular weight excluding hydrogens is 404 g/mol. The fourth-order valence-electron chi connectivity index (χ4n) is 4.66. The van der Waals surface area contributed by atoms with Crippen molar-refractivity contribution in [2.75, 3.05) is 37.4 Å². The smallest absolute Gasteiger partial charge is 0.0723 e. The number of aromatic nitrogens is 1. The number of likely N-dealkylation sites (N-methyl/N-ethyl adjacent to an activating group) is 1. The summed E-state index contributed by atoms with van der Waals surface area (Å²) in [6.45, 7) is 6.53. The Labute approximate surface area is 196 Å². The molecule has 0 bridgehead atoms. The minimum absolute atomic E-state index is 0.637. The van der Waals surface area contributed by atoms with Crippen molar-refractivity contribution in [2.24, 2.45) is 0 Å². The molecule has 168 valence electrons. The lowest BCUT2D eigenvalue weighted by Gasteiger charge is -2.22.